The summed E-state index contributed by atoms with van der Waals surface area (Å²) in [5.41, 5.74) is -3.30. The van der Waals surface area contributed by atoms with Crippen molar-refractivity contribution < 1.29 is 125 Å². The van der Waals surface area contributed by atoms with Gasteiger partial charge in [0, 0.05) is 11.1 Å². The Morgan fingerprint density at radius 3 is 0.620 bits per heavy atom. The van der Waals surface area contributed by atoms with Crippen LogP contribution in [0.25, 0.3) is 11.5 Å². The van der Waals surface area contributed by atoms with Crippen LogP contribution in [0.5, 0.6) is 0 Å². The Hall–Kier alpha value is -7.14. The summed E-state index contributed by atoms with van der Waals surface area (Å²) >= 11 is 0. The molecule has 0 unspecified atom stereocenters. The summed E-state index contributed by atoms with van der Waals surface area (Å²) < 4.78 is 263. The van der Waals surface area contributed by atoms with Crippen molar-refractivity contribution in [1.29, 1.82) is 0 Å². The number of hydrogen-bond donors (Lipinski definition) is 0. The van der Waals surface area contributed by atoms with Crippen LogP contribution in [0.2, 0.25) is 0 Å². The largest absolute Gasteiger partial charge is 2.00 e. The van der Waals surface area contributed by atoms with E-state index in [4.69, 9.17) is 0 Å². The number of carbonyl (C=O) groups is 2. The standard InChI is InChI=1S/2C15H2F10O2.2C8H10.Cu/c2*16-6-4(7(17)11(21)14(24)10(6)20)2(26)1-3(27)5-8(18)12(22)15(25)13(23)9(5)19;2*1-7-4-3-5-8(2)6-7;/h2*1,26H;2*3-6H,1-2H3;/q;;;;+2/p-2/b2*2-1-;;;. The van der Waals surface area contributed by atoms with Gasteiger partial charge >= 0.3 is 17.1 Å². The maximum atomic E-state index is 13.5. The third-order valence-corrected chi connectivity index (χ3v) is 8.70. The average Bonchev–Trinajstić information content (AvgIpc) is 3.29. The number of halogens is 20. The Kier molecular flexibility index (Phi) is 20.8. The molecule has 0 saturated heterocycles. The predicted octanol–water partition coefficient (Wildman–Crippen LogP) is 11.9. The minimum Gasteiger partial charge on any atom is -0.872 e. The summed E-state index contributed by atoms with van der Waals surface area (Å²) in [6.07, 6.45) is -1.17. The van der Waals surface area contributed by atoms with Gasteiger partial charge in [-0.15, -0.1) is 0 Å². The van der Waals surface area contributed by atoms with Crippen LogP contribution in [0.1, 0.15) is 54.1 Å². The SMILES string of the molecule is Cc1cccc(C)c1.Cc1cccc(C)c1.O=C(/C=C(\[O-])c1c(F)c(F)c(F)c(F)c1F)c1c(F)c(F)c(F)c(F)c1F.O=C(/C=C(\[O-])c1c(F)c(F)c(F)c(F)c1F)c1c(F)c(F)c(F)c(F)c1F.[Cu+2]. The molecule has 0 spiro atoms. The van der Waals surface area contributed by atoms with E-state index in [1.54, 1.807) is 0 Å². The predicted molar refractivity (Wildman–Crippen MR) is 201 cm³/mol. The number of hydrogen-bond acceptors (Lipinski definition) is 4. The quantitative estimate of drug-likeness (QED) is 0.0317. The van der Waals surface area contributed by atoms with Crippen molar-refractivity contribution in [2.24, 2.45) is 0 Å². The van der Waals surface area contributed by atoms with Gasteiger partial charge in [-0.25, -0.2) is 87.8 Å². The van der Waals surface area contributed by atoms with E-state index in [-0.39, 0.29) is 17.1 Å². The van der Waals surface area contributed by atoms with Crippen LogP contribution in [0.4, 0.5) is 87.8 Å². The summed E-state index contributed by atoms with van der Waals surface area (Å²) in [5.74, 6) is -61.4. The first-order chi connectivity index (χ1) is 32.4. The molecule has 1 radical (unpaired) electrons. The van der Waals surface area contributed by atoms with Crippen LogP contribution in [0, 0.1) is 144 Å². The van der Waals surface area contributed by atoms with Gasteiger partial charge in [0.05, 0.1) is 11.1 Å². The Morgan fingerprint density at radius 2 is 0.465 bits per heavy atom. The molecule has 0 saturated carbocycles. The molecule has 0 bridgehead atoms. The van der Waals surface area contributed by atoms with Gasteiger partial charge in [0.1, 0.15) is 0 Å². The first kappa shape index (κ1) is 60.0. The fraction of sp³-hybridized carbons (Fsp3) is 0.0870. The van der Waals surface area contributed by atoms with E-state index in [1.165, 1.54) is 22.3 Å². The summed E-state index contributed by atoms with van der Waals surface area (Å²) in [4.78, 5) is 23.3. The van der Waals surface area contributed by atoms with Crippen LogP contribution in [-0.2, 0) is 17.1 Å². The normalized spacial score (nSPS) is 11.1. The van der Waals surface area contributed by atoms with Gasteiger partial charge in [-0.05, 0) is 39.8 Å². The molecule has 0 aromatic heterocycles. The zero-order valence-corrected chi connectivity index (χ0v) is 36.2. The third-order valence-electron chi connectivity index (χ3n) is 8.70. The van der Waals surface area contributed by atoms with E-state index < -0.39 is 174 Å². The van der Waals surface area contributed by atoms with E-state index in [9.17, 15) is 108 Å². The fourth-order valence-corrected chi connectivity index (χ4v) is 5.43. The number of benzene rings is 6. The number of carbonyl (C=O) groups excluding carboxylic acids is 2. The number of allylic oxidation sites excluding steroid dienone is 2. The summed E-state index contributed by atoms with van der Waals surface area (Å²) in [7, 11) is 0. The molecule has 0 fully saturated rings. The number of aryl methyl sites for hydroxylation is 4. The van der Waals surface area contributed by atoms with E-state index in [1.807, 2.05) is 0 Å². The van der Waals surface area contributed by atoms with Crippen molar-refractivity contribution in [2.45, 2.75) is 27.7 Å². The van der Waals surface area contributed by atoms with E-state index >= 15 is 0 Å². The molecule has 6 aromatic carbocycles. The molecule has 381 valence electrons. The third kappa shape index (κ3) is 13.2. The van der Waals surface area contributed by atoms with Crippen molar-refractivity contribution in [1.82, 2.24) is 0 Å². The molecule has 0 heterocycles. The van der Waals surface area contributed by atoms with Gasteiger partial charge in [-0.1, -0.05) is 82.3 Å². The smallest absolute Gasteiger partial charge is 0.872 e. The molecule has 25 heteroatoms. The molecule has 0 aliphatic rings. The fourth-order valence-electron chi connectivity index (χ4n) is 5.43. The molecule has 0 aliphatic heterocycles. The van der Waals surface area contributed by atoms with Crippen molar-refractivity contribution in [3.05, 3.63) is 222 Å². The number of rotatable bonds is 6. The van der Waals surface area contributed by atoms with Gasteiger partial charge in [0.2, 0.25) is 23.3 Å². The first-order valence-corrected chi connectivity index (χ1v) is 18.4. The second kappa shape index (κ2) is 24.6. The van der Waals surface area contributed by atoms with E-state index in [0.717, 1.165) is 0 Å². The Morgan fingerprint density at radius 1 is 0.310 bits per heavy atom. The van der Waals surface area contributed by atoms with Crippen molar-refractivity contribution in [3.8, 4) is 0 Å². The molecular formula is C46H22CuF20O4. The molecule has 0 atom stereocenters. The van der Waals surface area contributed by atoms with E-state index in [0.29, 0.717) is 0 Å². The number of ketones is 2. The minimum absolute atomic E-state index is 0. The average molecular weight is 1080 g/mol. The van der Waals surface area contributed by atoms with Crippen LogP contribution < -0.4 is 10.2 Å². The molecule has 4 nitrogen and oxygen atoms in total. The zero-order chi connectivity index (χ0) is 53.5. The molecule has 6 rings (SSSR count). The summed E-state index contributed by atoms with van der Waals surface area (Å²) in [5, 5.41) is 23.3. The van der Waals surface area contributed by atoms with Gasteiger partial charge in [0.15, 0.2) is 105 Å². The van der Waals surface area contributed by atoms with Crippen LogP contribution in [0.15, 0.2) is 60.7 Å². The van der Waals surface area contributed by atoms with Crippen molar-refractivity contribution >= 4 is 23.1 Å². The van der Waals surface area contributed by atoms with Crippen molar-refractivity contribution in [3.63, 3.8) is 0 Å². The maximum Gasteiger partial charge on any atom is 2.00 e. The molecule has 0 aliphatic carbocycles. The zero-order valence-electron chi connectivity index (χ0n) is 35.3. The summed E-state index contributed by atoms with van der Waals surface area (Å²) in [6, 6.07) is 16.9. The van der Waals surface area contributed by atoms with Crippen LogP contribution in [-0.4, -0.2) is 11.6 Å². The topological polar surface area (TPSA) is 80.3 Å². The minimum atomic E-state index is -2.64. The van der Waals surface area contributed by atoms with Gasteiger partial charge in [-0.2, -0.15) is 0 Å². The van der Waals surface area contributed by atoms with Crippen LogP contribution >= 0.6 is 0 Å². The Balaban J connectivity index is 0.000000366. The summed E-state index contributed by atoms with van der Waals surface area (Å²) in [6.45, 7) is 8.42. The van der Waals surface area contributed by atoms with E-state index in [2.05, 4.69) is 76.2 Å². The molecule has 6 aromatic rings. The molecule has 71 heavy (non-hydrogen) atoms. The van der Waals surface area contributed by atoms with Crippen molar-refractivity contribution in [2.75, 3.05) is 0 Å². The van der Waals surface area contributed by atoms with Crippen LogP contribution in [0.3, 0.4) is 0 Å². The molecule has 0 N–H and O–H groups in total. The Labute approximate surface area is 396 Å². The second-order valence-corrected chi connectivity index (χ2v) is 13.8. The maximum absolute atomic E-state index is 13.5. The molecular weight excluding hydrogens is 1060 g/mol. The monoisotopic (exact) mass is 1080 g/mol. The first-order valence-electron chi connectivity index (χ1n) is 18.4. The van der Waals surface area contributed by atoms with Gasteiger partial charge in [-0.3, -0.25) is 9.59 Å². The van der Waals surface area contributed by atoms with Gasteiger partial charge < -0.3 is 10.2 Å². The Bertz CT molecular complexity index is 2760. The second-order valence-electron chi connectivity index (χ2n) is 13.8. The molecule has 0 amide bonds. The van der Waals surface area contributed by atoms with Gasteiger partial charge in [0.25, 0.3) is 0 Å².